The van der Waals surface area contributed by atoms with Crippen molar-refractivity contribution in [2.24, 2.45) is 5.73 Å². The summed E-state index contributed by atoms with van der Waals surface area (Å²) < 4.78 is 25.4. The van der Waals surface area contributed by atoms with Crippen molar-refractivity contribution in [2.75, 3.05) is 6.54 Å². The maximum Gasteiger partial charge on any atom is 0.128 e. The van der Waals surface area contributed by atoms with E-state index in [-0.39, 0.29) is 16.6 Å². The van der Waals surface area contributed by atoms with Gasteiger partial charge in [-0.3, -0.25) is 4.21 Å². The van der Waals surface area contributed by atoms with Crippen molar-refractivity contribution in [1.82, 2.24) is 0 Å². The minimum Gasteiger partial charge on any atom is -0.330 e. The SMILES string of the molecule is CC(CCN)S(=O)Cc1ccc(C#N)cc1F. The lowest BCUT2D eigenvalue weighted by Crippen LogP contribution is -2.17. The Morgan fingerprint density at radius 2 is 2.29 bits per heavy atom. The van der Waals surface area contributed by atoms with E-state index in [0.29, 0.717) is 18.5 Å². The second kappa shape index (κ2) is 6.48. The Kier molecular flexibility index (Phi) is 5.26. The molecule has 0 saturated heterocycles. The molecule has 1 aromatic carbocycles. The van der Waals surface area contributed by atoms with Crippen molar-refractivity contribution in [2.45, 2.75) is 24.3 Å². The minimum atomic E-state index is -1.14. The smallest absolute Gasteiger partial charge is 0.128 e. The fourth-order valence-corrected chi connectivity index (χ4v) is 2.62. The van der Waals surface area contributed by atoms with Crippen LogP contribution in [0, 0.1) is 17.1 Å². The van der Waals surface area contributed by atoms with Crippen LogP contribution in [0.2, 0.25) is 0 Å². The molecule has 92 valence electrons. The molecule has 0 aliphatic carbocycles. The molecule has 1 rings (SSSR count). The van der Waals surface area contributed by atoms with Gasteiger partial charge in [0, 0.05) is 21.6 Å². The zero-order valence-corrected chi connectivity index (χ0v) is 10.5. The van der Waals surface area contributed by atoms with Crippen LogP contribution in [-0.2, 0) is 16.6 Å². The molecule has 2 unspecified atom stereocenters. The van der Waals surface area contributed by atoms with Crippen molar-refractivity contribution in [3.63, 3.8) is 0 Å². The average molecular weight is 254 g/mol. The van der Waals surface area contributed by atoms with E-state index in [9.17, 15) is 8.60 Å². The number of nitriles is 1. The van der Waals surface area contributed by atoms with Gasteiger partial charge in [-0.15, -0.1) is 0 Å². The van der Waals surface area contributed by atoms with Crippen LogP contribution in [-0.4, -0.2) is 16.0 Å². The van der Waals surface area contributed by atoms with E-state index in [1.54, 1.807) is 0 Å². The molecule has 2 atom stereocenters. The fourth-order valence-electron chi connectivity index (χ4n) is 1.40. The van der Waals surface area contributed by atoms with E-state index in [1.165, 1.54) is 18.2 Å². The second-order valence-corrected chi connectivity index (χ2v) is 5.69. The Bertz CT molecular complexity index is 456. The molecule has 2 N–H and O–H groups in total. The summed E-state index contributed by atoms with van der Waals surface area (Å²) in [5.41, 5.74) is 6.03. The maximum absolute atomic E-state index is 13.5. The van der Waals surface area contributed by atoms with Crippen LogP contribution in [0.1, 0.15) is 24.5 Å². The summed E-state index contributed by atoms with van der Waals surface area (Å²) in [6.45, 7) is 2.31. The number of hydrogen-bond donors (Lipinski definition) is 1. The molecule has 0 bridgehead atoms. The molecular formula is C12H15FN2OS. The third-order valence-corrected chi connectivity index (χ3v) is 4.23. The predicted octanol–water partition coefficient (Wildman–Crippen LogP) is 1.68. The van der Waals surface area contributed by atoms with Crippen molar-refractivity contribution >= 4 is 10.8 Å². The van der Waals surface area contributed by atoms with Crippen molar-refractivity contribution in [3.8, 4) is 6.07 Å². The monoisotopic (exact) mass is 254 g/mol. The maximum atomic E-state index is 13.5. The van der Waals surface area contributed by atoms with Crippen LogP contribution < -0.4 is 5.73 Å². The zero-order valence-electron chi connectivity index (χ0n) is 9.65. The Morgan fingerprint density at radius 3 is 2.82 bits per heavy atom. The molecule has 3 nitrogen and oxygen atoms in total. The van der Waals surface area contributed by atoms with Gasteiger partial charge >= 0.3 is 0 Å². The molecule has 0 spiro atoms. The molecule has 0 radical (unpaired) electrons. The van der Waals surface area contributed by atoms with E-state index in [0.717, 1.165) is 0 Å². The van der Waals surface area contributed by atoms with E-state index < -0.39 is 16.6 Å². The van der Waals surface area contributed by atoms with Crippen molar-refractivity contribution in [3.05, 3.63) is 35.1 Å². The van der Waals surface area contributed by atoms with Crippen LogP contribution >= 0.6 is 0 Å². The summed E-state index contributed by atoms with van der Waals surface area (Å²) in [7, 11) is -1.14. The summed E-state index contributed by atoms with van der Waals surface area (Å²) in [5, 5.41) is 8.56. The highest BCUT2D eigenvalue weighted by atomic mass is 32.2. The largest absolute Gasteiger partial charge is 0.330 e. The minimum absolute atomic E-state index is 0.0463. The summed E-state index contributed by atoms with van der Waals surface area (Å²) in [6, 6.07) is 6.07. The van der Waals surface area contributed by atoms with E-state index in [4.69, 9.17) is 11.0 Å². The fraction of sp³-hybridized carbons (Fsp3) is 0.417. The summed E-state index contributed by atoms with van der Waals surface area (Å²) in [6.07, 6.45) is 0.657. The molecule has 0 saturated carbocycles. The van der Waals surface area contributed by atoms with Gasteiger partial charge in [0.2, 0.25) is 0 Å². The summed E-state index contributed by atoms with van der Waals surface area (Å²) >= 11 is 0. The third-order valence-electron chi connectivity index (χ3n) is 2.50. The molecule has 1 aromatic rings. The molecular weight excluding hydrogens is 239 g/mol. The Morgan fingerprint density at radius 1 is 1.59 bits per heavy atom. The van der Waals surface area contributed by atoms with Gasteiger partial charge in [0.05, 0.1) is 17.4 Å². The van der Waals surface area contributed by atoms with Gasteiger partial charge < -0.3 is 5.73 Å². The standard InChI is InChI=1S/C12H15FN2OS/c1-9(4-5-14)17(16)8-11-3-2-10(7-15)6-12(11)13/h2-3,6,9H,4-5,8,14H2,1H3. The first-order chi connectivity index (χ1) is 8.08. The highest BCUT2D eigenvalue weighted by molar-refractivity contribution is 7.84. The third kappa shape index (κ3) is 3.91. The quantitative estimate of drug-likeness (QED) is 0.869. The Balaban J connectivity index is 2.76. The van der Waals surface area contributed by atoms with Gasteiger partial charge in [-0.25, -0.2) is 4.39 Å². The number of benzene rings is 1. The van der Waals surface area contributed by atoms with Crippen molar-refractivity contribution in [1.29, 1.82) is 5.26 Å². The highest BCUT2D eigenvalue weighted by Gasteiger charge is 2.13. The molecule has 0 fully saturated rings. The molecule has 0 heterocycles. The van der Waals surface area contributed by atoms with Gasteiger partial charge in [0.25, 0.3) is 0 Å². The summed E-state index contributed by atoms with van der Waals surface area (Å²) in [4.78, 5) is 0. The van der Waals surface area contributed by atoms with Crippen molar-refractivity contribution < 1.29 is 8.60 Å². The molecule has 17 heavy (non-hydrogen) atoms. The van der Waals surface area contributed by atoms with Crippen LogP contribution in [0.5, 0.6) is 0 Å². The average Bonchev–Trinajstić information content (AvgIpc) is 2.31. The molecule has 0 aliphatic heterocycles. The van der Waals surface area contributed by atoms with Gasteiger partial charge in [-0.05, 0) is 25.1 Å². The molecule has 0 aromatic heterocycles. The van der Waals surface area contributed by atoms with Gasteiger partial charge in [0.15, 0.2) is 0 Å². The van der Waals surface area contributed by atoms with Crippen LogP contribution in [0.15, 0.2) is 18.2 Å². The topological polar surface area (TPSA) is 66.9 Å². The lowest BCUT2D eigenvalue weighted by molar-refractivity contribution is 0.613. The van der Waals surface area contributed by atoms with Gasteiger partial charge in [-0.1, -0.05) is 13.0 Å². The first-order valence-electron chi connectivity index (χ1n) is 5.34. The van der Waals surface area contributed by atoms with Crippen LogP contribution in [0.4, 0.5) is 4.39 Å². The number of nitrogens with zero attached hydrogens (tertiary/aromatic N) is 1. The van der Waals surface area contributed by atoms with Gasteiger partial charge in [0.1, 0.15) is 5.82 Å². The normalized spacial score (nSPS) is 14.0. The molecule has 5 heteroatoms. The van der Waals surface area contributed by atoms with Crippen LogP contribution in [0.25, 0.3) is 0 Å². The van der Waals surface area contributed by atoms with Crippen LogP contribution in [0.3, 0.4) is 0 Å². The summed E-state index contributed by atoms with van der Waals surface area (Å²) in [5.74, 6) is -0.309. The number of nitrogens with two attached hydrogens (primary N) is 1. The van der Waals surface area contributed by atoms with E-state index >= 15 is 0 Å². The predicted molar refractivity (Wildman–Crippen MR) is 66.1 cm³/mol. The highest BCUT2D eigenvalue weighted by Crippen LogP contribution is 2.14. The Labute approximate surface area is 103 Å². The second-order valence-electron chi connectivity index (χ2n) is 3.83. The molecule has 0 amide bonds. The first kappa shape index (κ1) is 13.8. The first-order valence-corrected chi connectivity index (χ1v) is 6.72. The van der Waals surface area contributed by atoms with Gasteiger partial charge in [-0.2, -0.15) is 5.26 Å². The van der Waals surface area contributed by atoms with E-state index in [1.807, 2.05) is 13.0 Å². The Hall–Kier alpha value is -1.25. The number of halogens is 1. The number of hydrogen-bond acceptors (Lipinski definition) is 3. The lowest BCUT2D eigenvalue weighted by Gasteiger charge is -2.10. The lowest BCUT2D eigenvalue weighted by atomic mass is 10.1. The van der Waals surface area contributed by atoms with E-state index in [2.05, 4.69) is 0 Å². The molecule has 0 aliphatic rings. The number of rotatable bonds is 5. The zero-order chi connectivity index (χ0) is 12.8.